The van der Waals surface area contributed by atoms with Gasteiger partial charge in [-0.2, -0.15) is 0 Å². The van der Waals surface area contributed by atoms with Gasteiger partial charge in [-0.05, 0) is 0 Å². The third kappa shape index (κ3) is 6.21. The molecule has 1 aromatic rings. The Morgan fingerprint density at radius 3 is 1.04 bits per heavy atom. The van der Waals surface area contributed by atoms with Crippen molar-refractivity contribution in [1.82, 2.24) is 0 Å². The molecule has 0 aliphatic carbocycles. The summed E-state index contributed by atoms with van der Waals surface area (Å²) in [5, 5.41) is 0. The fourth-order valence-corrected chi connectivity index (χ4v) is 39.2. The van der Waals surface area contributed by atoms with E-state index in [0.717, 1.165) is 4.10 Å². The van der Waals surface area contributed by atoms with Crippen LogP contribution in [0.1, 0.15) is 83.1 Å². The van der Waals surface area contributed by atoms with Crippen molar-refractivity contribution in [2.75, 3.05) is 0 Å². The first kappa shape index (κ1) is 23.4. The van der Waals surface area contributed by atoms with E-state index >= 15 is 0 Å². The first-order valence-corrected chi connectivity index (χ1v) is 15.5. The summed E-state index contributed by atoms with van der Waals surface area (Å²) in [6.07, 6.45) is 0. The van der Waals surface area contributed by atoms with Crippen molar-refractivity contribution >= 4 is 38.5 Å². The minimum absolute atomic E-state index is 0.426. The fourth-order valence-electron chi connectivity index (χ4n) is 4.52. The molecule has 0 saturated heterocycles. The zero-order valence-electron chi connectivity index (χ0n) is 18.9. The molecule has 25 heavy (non-hydrogen) atoms. The summed E-state index contributed by atoms with van der Waals surface area (Å²) in [6, 6.07) is 11.6. The van der Waals surface area contributed by atoms with Crippen molar-refractivity contribution in [2.45, 2.75) is 99.9 Å². The van der Waals surface area contributed by atoms with Gasteiger partial charge in [-0.3, -0.25) is 0 Å². The average Bonchev–Trinajstić information content (AvgIpc) is 2.32. The van der Waals surface area contributed by atoms with Gasteiger partial charge < -0.3 is 0 Å². The van der Waals surface area contributed by atoms with Gasteiger partial charge in [-0.25, -0.2) is 0 Å². The summed E-state index contributed by atoms with van der Waals surface area (Å²) in [4.78, 5) is 0. The maximum atomic E-state index is 2.52. The molecule has 0 fully saturated rings. The third-order valence-corrected chi connectivity index (χ3v) is 24.9. The quantitative estimate of drug-likeness (QED) is 0.434. The molecular formula is C22H41As2B. The van der Waals surface area contributed by atoms with Gasteiger partial charge in [0, 0.05) is 0 Å². The van der Waals surface area contributed by atoms with Crippen LogP contribution in [0.15, 0.2) is 30.3 Å². The van der Waals surface area contributed by atoms with Crippen molar-refractivity contribution in [1.29, 1.82) is 0 Å². The van der Waals surface area contributed by atoms with Crippen molar-refractivity contribution in [2.24, 2.45) is 0 Å². The predicted molar refractivity (Wildman–Crippen MR) is 122 cm³/mol. The molecule has 0 aliphatic heterocycles. The van der Waals surface area contributed by atoms with Crippen LogP contribution in [0.5, 0.6) is 0 Å². The van der Waals surface area contributed by atoms with E-state index in [0.29, 0.717) is 16.8 Å². The second-order valence-corrected chi connectivity index (χ2v) is 29.7. The summed E-state index contributed by atoms with van der Waals surface area (Å²) in [6.45, 7) is 30.2. The molecule has 142 valence electrons. The molecule has 0 nitrogen and oxygen atoms in total. The van der Waals surface area contributed by atoms with Crippen LogP contribution in [-0.2, 0) is 0 Å². The molecule has 0 aromatic heterocycles. The van der Waals surface area contributed by atoms with E-state index in [2.05, 4.69) is 113 Å². The Labute approximate surface area is 168 Å². The molecule has 1 rings (SSSR count). The van der Waals surface area contributed by atoms with E-state index in [1.165, 1.54) is 0 Å². The summed E-state index contributed by atoms with van der Waals surface area (Å²) >= 11 is -2.47. The van der Waals surface area contributed by atoms with Crippen molar-refractivity contribution in [3.63, 3.8) is 0 Å². The molecule has 1 aromatic carbocycles. The monoisotopic (exact) mass is 466 g/mol. The number of hydrogen-bond donors (Lipinski definition) is 0. The predicted octanol–water partition coefficient (Wildman–Crippen LogP) is 6.74. The van der Waals surface area contributed by atoms with Gasteiger partial charge in [-0.1, -0.05) is 0 Å². The zero-order chi connectivity index (χ0) is 19.8. The third-order valence-electron chi connectivity index (χ3n) is 4.48. The van der Waals surface area contributed by atoms with Gasteiger partial charge in [0.05, 0.1) is 0 Å². The Kier molecular flexibility index (Phi) is 7.31. The molecule has 0 saturated carbocycles. The maximum absolute atomic E-state index is 2.52. The molecular weight excluding hydrogens is 425 g/mol. The topological polar surface area (TPSA) is 0 Å². The van der Waals surface area contributed by atoms with Crippen molar-refractivity contribution in [3.05, 3.63) is 30.3 Å². The fraction of sp³-hybridized carbons (Fsp3) is 0.727. The van der Waals surface area contributed by atoms with Crippen LogP contribution in [0.3, 0.4) is 0 Å². The second kappa shape index (κ2) is 7.80. The number of rotatable bonds is 3. The van der Waals surface area contributed by atoms with Gasteiger partial charge in [0.2, 0.25) is 0 Å². The molecule has 0 spiro atoms. The van der Waals surface area contributed by atoms with Crippen molar-refractivity contribution in [3.8, 4) is 0 Å². The Hall–Kier alpha value is 0.402. The van der Waals surface area contributed by atoms with Crippen LogP contribution in [0, 0.1) is 0 Å². The Morgan fingerprint density at radius 2 is 0.800 bits per heavy atom. The van der Waals surface area contributed by atoms with E-state index in [4.69, 9.17) is 0 Å². The van der Waals surface area contributed by atoms with Crippen LogP contribution in [-0.4, -0.2) is 33.0 Å². The van der Waals surface area contributed by atoms with Crippen LogP contribution >= 0.6 is 0 Å². The van der Waals surface area contributed by atoms with E-state index in [-0.39, 0.29) is 0 Å². The van der Waals surface area contributed by atoms with E-state index in [9.17, 15) is 0 Å². The molecule has 0 unspecified atom stereocenters. The summed E-state index contributed by atoms with van der Waals surface area (Å²) in [7, 11) is 0. The molecule has 0 amide bonds. The van der Waals surface area contributed by atoms with Crippen LogP contribution in [0.2, 0.25) is 16.8 Å². The molecule has 0 atom stereocenters. The molecule has 0 N–H and O–H groups in total. The van der Waals surface area contributed by atoms with Gasteiger partial charge in [-0.15, -0.1) is 0 Å². The van der Waals surface area contributed by atoms with Crippen LogP contribution in [0.25, 0.3) is 0 Å². The molecule has 0 aliphatic rings. The van der Waals surface area contributed by atoms with E-state index < -0.39 is 28.9 Å². The summed E-state index contributed by atoms with van der Waals surface area (Å²) < 4.78 is 2.52. The molecule has 0 bridgehead atoms. The molecule has 3 heteroatoms. The second-order valence-electron chi connectivity index (χ2n) is 11.2. The minimum atomic E-state index is -1.23. The van der Waals surface area contributed by atoms with E-state index in [1.807, 2.05) is 0 Å². The average molecular weight is 466 g/mol. The van der Waals surface area contributed by atoms with Crippen LogP contribution in [0.4, 0.5) is 0 Å². The van der Waals surface area contributed by atoms with Crippen molar-refractivity contribution < 1.29 is 0 Å². The zero-order valence-corrected chi connectivity index (χ0v) is 22.6. The first-order chi connectivity index (χ1) is 11.0. The summed E-state index contributed by atoms with van der Waals surface area (Å²) in [5.41, 5.74) is 1.64. The SMILES string of the molecule is CC(C)(C)[As](B(c1ccccc1)[As](C(C)(C)C)C(C)(C)C)C(C)(C)C. The first-order valence-electron chi connectivity index (χ1n) is 9.61. The van der Waals surface area contributed by atoms with E-state index in [1.54, 1.807) is 5.46 Å². The van der Waals surface area contributed by atoms with Gasteiger partial charge in [0.15, 0.2) is 0 Å². The molecule has 0 radical (unpaired) electrons. The number of hydrogen-bond acceptors (Lipinski definition) is 0. The Morgan fingerprint density at radius 1 is 0.520 bits per heavy atom. The Bertz CT molecular complexity index is 479. The van der Waals surface area contributed by atoms with Gasteiger partial charge >= 0.3 is 169 Å². The summed E-state index contributed by atoms with van der Waals surface area (Å²) in [5.74, 6) is 0. The normalized spacial score (nSPS) is 14.3. The van der Waals surface area contributed by atoms with Gasteiger partial charge in [0.1, 0.15) is 0 Å². The van der Waals surface area contributed by atoms with Crippen LogP contribution < -0.4 is 5.46 Å². The standard InChI is InChI=1S/C22H41As2B/c1-19(2,3)23(20(4,5)6)25(18-16-14-13-15-17-18)24(21(7,8)9)22(10,11)12/h13-17H,1-12H3. The Balaban J connectivity index is 3.75. The number of benzene rings is 1. The molecule has 0 heterocycles. The van der Waals surface area contributed by atoms with Gasteiger partial charge in [0.25, 0.3) is 0 Å².